The van der Waals surface area contributed by atoms with Gasteiger partial charge in [-0.15, -0.1) is 0 Å². The number of hydrogen-bond donors (Lipinski definition) is 2. The molecule has 0 aliphatic carbocycles. The van der Waals surface area contributed by atoms with Crippen molar-refractivity contribution in [2.24, 2.45) is 0 Å². The molecule has 0 radical (unpaired) electrons. The third-order valence-corrected chi connectivity index (χ3v) is 2.18. The molecule has 0 saturated carbocycles. The lowest BCUT2D eigenvalue weighted by molar-refractivity contribution is -0.119. The van der Waals surface area contributed by atoms with Crippen LogP contribution in [0.4, 0.5) is 11.5 Å². The fraction of sp³-hybridized carbons (Fsp3) is 0.455. The van der Waals surface area contributed by atoms with Gasteiger partial charge in [0.25, 0.3) is 0 Å². The van der Waals surface area contributed by atoms with E-state index >= 15 is 0 Å². The van der Waals surface area contributed by atoms with Gasteiger partial charge < -0.3 is 16.0 Å². The maximum Gasteiger partial charge on any atom is 0.239 e. The van der Waals surface area contributed by atoms with E-state index in [1.807, 2.05) is 24.8 Å². The van der Waals surface area contributed by atoms with Crippen LogP contribution < -0.4 is 16.0 Å². The maximum absolute atomic E-state index is 11.4. The molecule has 88 valence electrons. The van der Waals surface area contributed by atoms with Crippen molar-refractivity contribution in [1.29, 1.82) is 0 Å². The molecule has 0 aromatic carbocycles. The molecule has 16 heavy (non-hydrogen) atoms. The fourth-order valence-corrected chi connectivity index (χ4v) is 1.37. The molecule has 0 saturated heterocycles. The van der Waals surface area contributed by atoms with Crippen molar-refractivity contribution >= 4 is 17.4 Å². The van der Waals surface area contributed by atoms with E-state index in [0.29, 0.717) is 18.8 Å². The van der Waals surface area contributed by atoms with E-state index in [1.165, 1.54) is 0 Å². The lowest BCUT2D eigenvalue weighted by Gasteiger charge is -2.21. The predicted molar refractivity (Wildman–Crippen MR) is 65.2 cm³/mol. The molecule has 0 bridgehead atoms. The molecule has 0 unspecified atom stereocenters. The first-order valence-electron chi connectivity index (χ1n) is 5.40. The first-order chi connectivity index (χ1) is 7.67. The average molecular weight is 222 g/mol. The van der Waals surface area contributed by atoms with Crippen LogP contribution in [0.5, 0.6) is 0 Å². The van der Waals surface area contributed by atoms with Crippen molar-refractivity contribution < 1.29 is 4.79 Å². The number of hydrogen-bond acceptors (Lipinski definition) is 4. The monoisotopic (exact) mass is 222 g/mol. The Labute approximate surface area is 95.7 Å². The third-order valence-electron chi connectivity index (χ3n) is 2.18. The summed E-state index contributed by atoms with van der Waals surface area (Å²) in [7, 11) is 0. The van der Waals surface area contributed by atoms with Crippen LogP contribution in [0.1, 0.15) is 13.8 Å². The van der Waals surface area contributed by atoms with Gasteiger partial charge in [0.2, 0.25) is 5.91 Å². The van der Waals surface area contributed by atoms with Gasteiger partial charge in [0.15, 0.2) is 0 Å². The number of nitrogens with zero attached hydrogens (tertiary/aromatic N) is 2. The fourth-order valence-electron chi connectivity index (χ4n) is 1.37. The van der Waals surface area contributed by atoms with E-state index in [1.54, 1.807) is 12.3 Å². The zero-order valence-electron chi connectivity index (χ0n) is 9.73. The molecular weight excluding hydrogens is 204 g/mol. The average Bonchev–Trinajstić information content (AvgIpc) is 2.27. The lowest BCUT2D eigenvalue weighted by Crippen LogP contribution is -2.37. The minimum atomic E-state index is 0.00275. The highest BCUT2D eigenvalue weighted by Gasteiger charge is 2.09. The quantitative estimate of drug-likeness (QED) is 0.766. The summed E-state index contributed by atoms with van der Waals surface area (Å²) in [6.07, 6.45) is 1.59. The molecule has 0 atom stereocenters. The van der Waals surface area contributed by atoms with Crippen molar-refractivity contribution in [3.05, 3.63) is 18.3 Å². The zero-order chi connectivity index (χ0) is 12.0. The van der Waals surface area contributed by atoms with Gasteiger partial charge in [0.1, 0.15) is 5.82 Å². The Morgan fingerprint density at radius 1 is 1.50 bits per heavy atom. The Morgan fingerprint density at radius 2 is 2.25 bits per heavy atom. The number of pyridine rings is 1. The van der Waals surface area contributed by atoms with Crippen molar-refractivity contribution in [1.82, 2.24) is 10.3 Å². The summed E-state index contributed by atoms with van der Waals surface area (Å²) in [5, 5.41) is 2.76. The van der Waals surface area contributed by atoms with Gasteiger partial charge in [-0.3, -0.25) is 4.79 Å². The smallest absolute Gasteiger partial charge is 0.239 e. The molecule has 0 fully saturated rings. The maximum atomic E-state index is 11.4. The normalized spacial score (nSPS) is 9.88. The molecular formula is C11H18N4O. The minimum Gasteiger partial charge on any atom is -0.397 e. The number of rotatable bonds is 5. The second-order valence-corrected chi connectivity index (χ2v) is 3.42. The summed E-state index contributed by atoms with van der Waals surface area (Å²) in [6, 6.07) is 3.60. The van der Waals surface area contributed by atoms with Gasteiger partial charge in [0, 0.05) is 13.1 Å². The third kappa shape index (κ3) is 3.42. The zero-order valence-corrected chi connectivity index (χ0v) is 9.73. The molecule has 0 aliphatic heterocycles. The number of nitrogen functional groups attached to an aromatic ring is 1. The van der Waals surface area contributed by atoms with Crippen molar-refractivity contribution in [3.8, 4) is 0 Å². The van der Waals surface area contributed by atoms with E-state index in [9.17, 15) is 4.79 Å². The van der Waals surface area contributed by atoms with E-state index in [4.69, 9.17) is 5.73 Å². The summed E-state index contributed by atoms with van der Waals surface area (Å²) < 4.78 is 0. The predicted octanol–water partition coefficient (Wildman–Crippen LogP) is 0.626. The van der Waals surface area contributed by atoms with E-state index in [2.05, 4.69) is 10.3 Å². The Kier molecular flexibility index (Phi) is 4.57. The minimum absolute atomic E-state index is 0.00275. The second kappa shape index (κ2) is 5.95. The second-order valence-electron chi connectivity index (χ2n) is 3.42. The standard InChI is InChI=1S/C11H18N4O/c1-3-13-11(16)8-15(4-2)10-6-5-9(12)7-14-10/h5-7H,3-4,8,12H2,1-2H3,(H,13,16). The molecule has 1 heterocycles. The van der Waals surface area contributed by atoms with Crippen LogP contribution in [-0.2, 0) is 4.79 Å². The highest BCUT2D eigenvalue weighted by molar-refractivity contribution is 5.80. The van der Waals surface area contributed by atoms with E-state index < -0.39 is 0 Å². The molecule has 1 rings (SSSR count). The number of nitrogens with two attached hydrogens (primary N) is 1. The van der Waals surface area contributed by atoms with Crippen LogP contribution in [0.3, 0.4) is 0 Å². The number of nitrogens with one attached hydrogen (secondary N) is 1. The molecule has 5 nitrogen and oxygen atoms in total. The molecule has 5 heteroatoms. The molecule has 1 aromatic rings. The summed E-state index contributed by atoms with van der Waals surface area (Å²) in [4.78, 5) is 17.5. The topological polar surface area (TPSA) is 71.2 Å². The largest absolute Gasteiger partial charge is 0.397 e. The van der Waals surface area contributed by atoms with Crippen LogP contribution in [0.15, 0.2) is 18.3 Å². The first-order valence-corrected chi connectivity index (χ1v) is 5.40. The number of carbonyl (C=O) groups excluding carboxylic acids is 1. The number of anilines is 2. The molecule has 0 aliphatic rings. The number of amides is 1. The summed E-state index contributed by atoms with van der Waals surface area (Å²) in [5.74, 6) is 0.769. The van der Waals surface area contributed by atoms with Crippen LogP contribution in [-0.4, -0.2) is 30.5 Å². The SMILES string of the molecule is CCNC(=O)CN(CC)c1ccc(N)cn1. The molecule has 3 N–H and O–H groups in total. The van der Waals surface area contributed by atoms with Gasteiger partial charge in [0.05, 0.1) is 18.4 Å². The van der Waals surface area contributed by atoms with Gasteiger partial charge in [-0.1, -0.05) is 0 Å². The molecule has 0 spiro atoms. The molecule has 1 aromatic heterocycles. The van der Waals surface area contributed by atoms with Crippen molar-refractivity contribution in [2.75, 3.05) is 30.3 Å². The van der Waals surface area contributed by atoms with Crippen LogP contribution in [0, 0.1) is 0 Å². The van der Waals surface area contributed by atoms with Gasteiger partial charge in [-0.2, -0.15) is 0 Å². The van der Waals surface area contributed by atoms with Crippen LogP contribution in [0.25, 0.3) is 0 Å². The number of aromatic nitrogens is 1. The molecule has 1 amide bonds. The highest BCUT2D eigenvalue weighted by atomic mass is 16.2. The van der Waals surface area contributed by atoms with Crippen molar-refractivity contribution in [3.63, 3.8) is 0 Å². The summed E-state index contributed by atoms with van der Waals surface area (Å²) in [5.41, 5.74) is 6.18. The summed E-state index contributed by atoms with van der Waals surface area (Å²) in [6.45, 7) is 5.58. The number of likely N-dealkylation sites (N-methyl/N-ethyl adjacent to an activating group) is 2. The Morgan fingerprint density at radius 3 is 2.75 bits per heavy atom. The summed E-state index contributed by atoms with van der Waals surface area (Å²) >= 11 is 0. The lowest BCUT2D eigenvalue weighted by atomic mass is 10.3. The van der Waals surface area contributed by atoms with Crippen molar-refractivity contribution in [2.45, 2.75) is 13.8 Å². The van der Waals surface area contributed by atoms with Gasteiger partial charge in [-0.25, -0.2) is 4.98 Å². The van der Waals surface area contributed by atoms with Gasteiger partial charge in [-0.05, 0) is 26.0 Å². The van der Waals surface area contributed by atoms with E-state index in [-0.39, 0.29) is 5.91 Å². The Hall–Kier alpha value is -1.78. The Balaban J connectivity index is 2.67. The van der Waals surface area contributed by atoms with Crippen LogP contribution >= 0.6 is 0 Å². The number of carbonyl (C=O) groups is 1. The first kappa shape index (κ1) is 12.3. The Bertz CT molecular complexity index is 336. The highest BCUT2D eigenvalue weighted by Crippen LogP contribution is 2.11. The van der Waals surface area contributed by atoms with Gasteiger partial charge >= 0.3 is 0 Å². The van der Waals surface area contributed by atoms with E-state index in [0.717, 1.165) is 12.4 Å². The van der Waals surface area contributed by atoms with Crippen LogP contribution in [0.2, 0.25) is 0 Å².